The Bertz CT molecular complexity index is 747. The molecule has 0 saturated heterocycles. The topological polar surface area (TPSA) is 25.2 Å². The number of para-hydroxylation sites is 1. The van der Waals surface area contributed by atoms with Gasteiger partial charge in [0.2, 0.25) is 0 Å². The van der Waals surface area contributed by atoms with Crippen LogP contribution in [0.2, 0.25) is 0 Å². The molecule has 0 bridgehead atoms. The van der Waals surface area contributed by atoms with Crippen molar-refractivity contribution in [3.63, 3.8) is 0 Å². The van der Waals surface area contributed by atoms with Crippen molar-refractivity contribution in [1.82, 2.24) is 9.47 Å². The quantitative estimate of drug-likeness (QED) is 0.670. The highest BCUT2D eigenvalue weighted by Crippen LogP contribution is 2.29. The number of Topliss-reactive ketones (excluding diaryl/α,β-unsaturated/α-hetero) is 1. The van der Waals surface area contributed by atoms with Crippen LogP contribution in [-0.2, 0) is 0 Å². The number of ketones is 1. The summed E-state index contributed by atoms with van der Waals surface area (Å²) in [5, 5.41) is 0. The zero-order valence-corrected chi connectivity index (χ0v) is 16.7. The molecule has 1 aliphatic carbocycles. The van der Waals surface area contributed by atoms with Crippen molar-refractivity contribution in [1.29, 1.82) is 0 Å². The molecule has 140 valence electrons. The van der Waals surface area contributed by atoms with Crippen LogP contribution in [0.25, 0.3) is 5.69 Å². The molecule has 1 heterocycles. The lowest BCUT2D eigenvalue weighted by Gasteiger charge is -2.34. The average molecular weight is 353 g/mol. The molecule has 0 spiro atoms. The molecule has 1 aromatic heterocycles. The molecule has 1 fully saturated rings. The first kappa shape index (κ1) is 18.9. The summed E-state index contributed by atoms with van der Waals surface area (Å²) in [5.74, 6) is 1.07. The van der Waals surface area contributed by atoms with Gasteiger partial charge in [0, 0.05) is 28.7 Å². The van der Waals surface area contributed by atoms with E-state index in [1.165, 1.54) is 32.1 Å². The minimum atomic E-state index is 0.237. The molecule has 2 aromatic rings. The molecule has 0 N–H and O–H groups in total. The summed E-state index contributed by atoms with van der Waals surface area (Å²) in [5.41, 5.74) is 4.14. The van der Waals surface area contributed by atoms with Crippen molar-refractivity contribution < 1.29 is 4.79 Å². The van der Waals surface area contributed by atoms with E-state index in [0.717, 1.165) is 28.6 Å². The molecule has 26 heavy (non-hydrogen) atoms. The summed E-state index contributed by atoms with van der Waals surface area (Å²) in [6.45, 7) is 6.94. The molecular weight excluding hydrogens is 320 g/mol. The molecule has 2 unspecified atom stereocenters. The SMILES string of the molecule is CCC1CCCC(N(C)CC(=O)c2cc(C)n(-c3ccccc3)c2C)C1. The van der Waals surface area contributed by atoms with Gasteiger partial charge in [-0.2, -0.15) is 0 Å². The van der Waals surface area contributed by atoms with Crippen LogP contribution in [-0.4, -0.2) is 34.9 Å². The Morgan fingerprint density at radius 3 is 2.62 bits per heavy atom. The van der Waals surface area contributed by atoms with E-state index in [0.29, 0.717) is 12.6 Å². The maximum absolute atomic E-state index is 13.0. The largest absolute Gasteiger partial charge is 0.318 e. The van der Waals surface area contributed by atoms with Crippen molar-refractivity contribution in [3.8, 4) is 5.69 Å². The Kier molecular flexibility index (Phi) is 5.98. The van der Waals surface area contributed by atoms with Crippen molar-refractivity contribution >= 4 is 5.78 Å². The molecule has 1 aliphatic rings. The first-order valence-electron chi connectivity index (χ1n) is 9.99. The number of benzene rings is 1. The summed E-state index contributed by atoms with van der Waals surface area (Å²) < 4.78 is 2.18. The number of nitrogens with zero attached hydrogens (tertiary/aromatic N) is 2. The third kappa shape index (κ3) is 3.93. The predicted octanol–water partition coefficient (Wildman–Crippen LogP) is 5.18. The fourth-order valence-electron chi connectivity index (χ4n) is 4.49. The lowest BCUT2D eigenvalue weighted by molar-refractivity contribution is 0.0876. The third-order valence-corrected chi connectivity index (χ3v) is 6.09. The standard InChI is InChI=1S/C23H32N2O/c1-5-19-10-9-13-21(15-19)24(4)16-23(26)22-14-17(2)25(18(22)3)20-11-7-6-8-12-20/h6-8,11-12,14,19,21H,5,9-10,13,15-16H2,1-4H3. The highest BCUT2D eigenvalue weighted by atomic mass is 16.1. The zero-order chi connectivity index (χ0) is 18.7. The van der Waals surface area contributed by atoms with Gasteiger partial charge in [0.05, 0.1) is 6.54 Å². The van der Waals surface area contributed by atoms with Gasteiger partial charge in [-0.3, -0.25) is 9.69 Å². The number of hydrogen-bond donors (Lipinski definition) is 0. The van der Waals surface area contributed by atoms with E-state index >= 15 is 0 Å². The van der Waals surface area contributed by atoms with Crippen molar-refractivity contribution in [2.24, 2.45) is 5.92 Å². The molecule has 1 saturated carbocycles. The number of carbonyl (C=O) groups excluding carboxylic acids is 1. The van der Waals surface area contributed by atoms with Gasteiger partial charge in [0.15, 0.2) is 5.78 Å². The summed E-state index contributed by atoms with van der Waals surface area (Å²) >= 11 is 0. The van der Waals surface area contributed by atoms with E-state index in [-0.39, 0.29) is 5.78 Å². The lowest BCUT2D eigenvalue weighted by atomic mass is 9.83. The fraction of sp³-hybridized carbons (Fsp3) is 0.522. The Balaban J connectivity index is 1.74. The highest BCUT2D eigenvalue weighted by molar-refractivity contribution is 5.99. The summed E-state index contributed by atoms with van der Waals surface area (Å²) in [6, 6.07) is 12.9. The van der Waals surface area contributed by atoms with Gasteiger partial charge in [-0.1, -0.05) is 44.4 Å². The average Bonchev–Trinajstić information content (AvgIpc) is 2.96. The monoisotopic (exact) mass is 352 g/mol. The van der Waals surface area contributed by atoms with E-state index in [9.17, 15) is 4.79 Å². The third-order valence-electron chi connectivity index (χ3n) is 6.09. The van der Waals surface area contributed by atoms with Crippen LogP contribution < -0.4 is 0 Å². The molecule has 3 rings (SSSR count). The van der Waals surface area contributed by atoms with Crippen LogP contribution >= 0.6 is 0 Å². The van der Waals surface area contributed by atoms with E-state index < -0.39 is 0 Å². The van der Waals surface area contributed by atoms with Crippen LogP contribution in [0.15, 0.2) is 36.4 Å². The molecule has 3 heteroatoms. The zero-order valence-electron chi connectivity index (χ0n) is 16.7. The smallest absolute Gasteiger partial charge is 0.178 e. The Hall–Kier alpha value is -1.87. The van der Waals surface area contributed by atoms with Crippen LogP contribution in [0.1, 0.15) is 60.8 Å². The maximum Gasteiger partial charge on any atom is 0.178 e. The number of aryl methyl sites for hydroxylation is 1. The molecule has 0 amide bonds. The van der Waals surface area contributed by atoms with Gasteiger partial charge < -0.3 is 4.57 Å². The number of likely N-dealkylation sites (N-methyl/N-ethyl adjacent to an activating group) is 1. The Labute approximate surface area is 158 Å². The number of aromatic nitrogens is 1. The second-order valence-corrected chi connectivity index (χ2v) is 7.89. The van der Waals surface area contributed by atoms with Crippen molar-refractivity contribution in [2.75, 3.05) is 13.6 Å². The van der Waals surface area contributed by atoms with E-state index in [2.05, 4.69) is 49.4 Å². The first-order valence-corrected chi connectivity index (χ1v) is 9.99. The normalized spacial score (nSPS) is 20.5. The molecular formula is C23H32N2O. The highest BCUT2D eigenvalue weighted by Gasteiger charge is 2.26. The van der Waals surface area contributed by atoms with Gasteiger partial charge in [0.1, 0.15) is 0 Å². The predicted molar refractivity (Wildman–Crippen MR) is 108 cm³/mol. The fourth-order valence-corrected chi connectivity index (χ4v) is 4.49. The molecule has 1 aromatic carbocycles. The second kappa shape index (κ2) is 8.22. The molecule has 0 aliphatic heterocycles. The van der Waals surface area contributed by atoms with E-state index in [1.54, 1.807) is 0 Å². The summed E-state index contributed by atoms with van der Waals surface area (Å²) in [6.07, 6.45) is 6.38. The molecule has 0 radical (unpaired) electrons. The van der Waals surface area contributed by atoms with Crippen molar-refractivity contribution in [3.05, 3.63) is 53.3 Å². The van der Waals surface area contributed by atoms with Gasteiger partial charge in [-0.15, -0.1) is 0 Å². The minimum Gasteiger partial charge on any atom is -0.318 e. The van der Waals surface area contributed by atoms with Gasteiger partial charge >= 0.3 is 0 Å². The van der Waals surface area contributed by atoms with E-state index in [1.807, 2.05) is 24.3 Å². The van der Waals surface area contributed by atoms with Gasteiger partial charge in [0.25, 0.3) is 0 Å². The number of rotatable bonds is 6. The number of hydrogen-bond acceptors (Lipinski definition) is 2. The summed E-state index contributed by atoms with van der Waals surface area (Å²) in [7, 11) is 2.12. The second-order valence-electron chi connectivity index (χ2n) is 7.89. The first-order chi connectivity index (χ1) is 12.5. The van der Waals surface area contributed by atoms with E-state index in [4.69, 9.17) is 0 Å². The van der Waals surface area contributed by atoms with Gasteiger partial charge in [-0.05, 0) is 57.9 Å². The minimum absolute atomic E-state index is 0.237. The van der Waals surface area contributed by atoms with Gasteiger partial charge in [-0.25, -0.2) is 0 Å². The molecule has 2 atom stereocenters. The lowest BCUT2D eigenvalue weighted by Crippen LogP contribution is -2.39. The van der Waals surface area contributed by atoms with Crippen LogP contribution in [0.3, 0.4) is 0 Å². The Morgan fingerprint density at radius 1 is 1.19 bits per heavy atom. The van der Waals surface area contributed by atoms with Crippen LogP contribution in [0.4, 0.5) is 0 Å². The van der Waals surface area contributed by atoms with Crippen molar-refractivity contribution in [2.45, 2.75) is 58.9 Å². The molecule has 3 nitrogen and oxygen atoms in total. The number of carbonyl (C=O) groups is 1. The Morgan fingerprint density at radius 2 is 1.92 bits per heavy atom. The van der Waals surface area contributed by atoms with Crippen LogP contribution in [0.5, 0.6) is 0 Å². The van der Waals surface area contributed by atoms with Crippen LogP contribution in [0, 0.1) is 19.8 Å². The maximum atomic E-state index is 13.0. The summed E-state index contributed by atoms with van der Waals surface area (Å²) in [4.78, 5) is 15.3.